The van der Waals surface area contributed by atoms with Crippen molar-refractivity contribution in [2.45, 2.75) is 6.04 Å². The molecule has 0 saturated heterocycles. The monoisotopic (exact) mass is 359 g/mol. The molecule has 1 unspecified atom stereocenters. The van der Waals surface area contributed by atoms with E-state index < -0.39 is 0 Å². The Balaban J connectivity index is 2.44. The first-order valence-corrected chi connectivity index (χ1v) is 7.39. The molecule has 0 amide bonds. The van der Waals surface area contributed by atoms with Crippen molar-refractivity contribution in [1.29, 1.82) is 0 Å². The molecule has 0 aliphatic rings. The summed E-state index contributed by atoms with van der Waals surface area (Å²) in [5.74, 6) is 0. The predicted molar refractivity (Wildman–Crippen MR) is 77.1 cm³/mol. The Morgan fingerprint density at radius 2 is 2.06 bits per heavy atom. The molecular formula is C12H11Br2NS. The molecule has 0 spiro atoms. The molecule has 2 aromatic rings. The van der Waals surface area contributed by atoms with Gasteiger partial charge in [-0.1, -0.05) is 31.9 Å². The van der Waals surface area contributed by atoms with E-state index in [1.165, 1.54) is 11.1 Å². The van der Waals surface area contributed by atoms with Gasteiger partial charge in [-0.3, -0.25) is 0 Å². The number of rotatable bonds is 3. The number of hydrogen-bond donors (Lipinski definition) is 1. The third kappa shape index (κ3) is 2.56. The van der Waals surface area contributed by atoms with Gasteiger partial charge in [0, 0.05) is 8.95 Å². The van der Waals surface area contributed by atoms with Gasteiger partial charge in [0.25, 0.3) is 0 Å². The van der Waals surface area contributed by atoms with E-state index in [1.807, 2.05) is 13.1 Å². The standard InChI is InChI=1S/C12H11Br2NS/c1-15-12(8-4-5-16-7-8)10-6-9(13)2-3-11(10)14/h2-7,12,15H,1H3. The zero-order chi connectivity index (χ0) is 11.5. The quantitative estimate of drug-likeness (QED) is 0.844. The molecule has 1 atom stereocenters. The van der Waals surface area contributed by atoms with Crippen LogP contribution in [0.1, 0.15) is 17.2 Å². The Morgan fingerprint density at radius 1 is 1.25 bits per heavy atom. The lowest BCUT2D eigenvalue weighted by atomic mass is 10.0. The molecule has 84 valence electrons. The highest BCUT2D eigenvalue weighted by Gasteiger charge is 2.15. The Hall–Kier alpha value is -0.160. The second kappa shape index (κ2) is 5.45. The molecule has 16 heavy (non-hydrogen) atoms. The third-order valence-corrected chi connectivity index (χ3v) is 4.35. The van der Waals surface area contributed by atoms with Crippen LogP contribution in [-0.4, -0.2) is 7.05 Å². The van der Waals surface area contributed by atoms with Gasteiger partial charge in [-0.05, 0) is 53.2 Å². The van der Waals surface area contributed by atoms with Gasteiger partial charge in [-0.15, -0.1) is 0 Å². The van der Waals surface area contributed by atoms with Crippen LogP contribution in [0.2, 0.25) is 0 Å². The Kier molecular flexibility index (Phi) is 4.19. The molecule has 2 rings (SSSR count). The highest BCUT2D eigenvalue weighted by Crippen LogP contribution is 2.31. The summed E-state index contributed by atoms with van der Waals surface area (Å²) in [6, 6.07) is 8.63. The van der Waals surface area contributed by atoms with Gasteiger partial charge in [-0.25, -0.2) is 0 Å². The van der Waals surface area contributed by atoms with E-state index in [2.05, 4.69) is 66.1 Å². The average Bonchev–Trinajstić information content (AvgIpc) is 2.78. The van der Waals surface area contributed by atoms with Crippen molar-refractivity contribution in [2.75, 3.05) is 7.05 Å². The summed E-state index contributed by atoms with van der Waals surface area (Å²) in [5.41, 5.74) is 2.54. The number of benzene rings is 1. The van der Waals surface area contributed by atoms with E-state index in [1.54, 1.807) is 11.3 Å². The van der Waals surface area contributed by atoms with E-state index in [0.717, 1.165) is 8.95 Å². The number of thiophene rings is 1. The van der Waals surface area contributed by atoms with Crippen molar-refractivity contribution in [1.82, 2.24) is 5.32 Å². The van der Waals surface area contributed by atoms with Crippen LogP contribution in [0.3, 0.4) is 0 Å². The van der Waals surface area contributed by atoms with Crippen LogP contribution >= 0.6 is 43.2 Å². The maximum atomic E-state index is 3.60. The fraction of sp³-hybridized carbons (Fsp3) is 0.167. The summed E-state index contributed by atoms with van der Waals surface area (Å²) in [6.45, 7) is 0. The van der Waals surface area contributed by atoms with Crippen LogP contribution in [0, 0.1) is 0 Å². The fourth-order valence-corrected chi connectivity index (χ4v) is 3.22. The summed E-state index contributed by atoms with van der Waals surface area (Å²) in [5, 5.41) is 7.62. The number of halogens is 2. The highest BCUT2D eigenvalue weighted by molar-refractivity contribution is 9.11. The summed E-state index contributed by atoms with van der Waals surface area (Å²) in [7, 11) is 1.98. The molecule has 0 aliphatic carbocycles. The SMILES string of the molecule is CNC(c1ccsc1)c1cc(Br)ccc1Br. The topological polar surface area (TPSA) is 12.0 Å². The van der Waals surface area contributed by atoms with Crippen molar-refractivity contribution in [2.24, 2.45) is 0 Å². The van der Waals surface area contributed by atoms with Gasteiger partial charge in [0.1, 0.15) is 0 Å². The van der Waals surface area contributed by atoms with Crippen molar-refractivity contribution in [3.8, 4) is 0 Å². The maximum Gasteiger partial charge on any atom is 0.0594 e. The van der Waals surface area contributed by atoms with Crippen LogP contribution < -0.4 is 5.32 Å². The van der Waals surface area contributed by atoms with E-state index in [4.69, 9.17) is 0 Å². The summed E-state index contributed by atoms with van der Waals surface area (Å²) in [4.78, 5) is 0. The molecular weight excluding hydrogens is 350 g/mol. The largest absolute Gasteiger partial charge is 0.309 e. The minimum Gasteiger partial charge on any atom is -0.309 e. The van der Waals surface area contributed by atoms with Gasteiger partial charge in [0.15, 0.2) is 0 Å². The molecule has 1 heterocycles. The lowest BCUT2D eigenvalue weighted by molar-refractivity contribution is 0.691. The lowest BCUT2D eigenvalue weighted by Gasteiger charge is -2.17. The predicted octanol–water partition coefficient (Wildman–Crippen LogP) is 4.58. The van der Waals surface area contributed by atoms with Crippen LogP contribution in [0.25, 0.3) is 0 Å². The first-order valence-electron chi connectivity index (χ1n) is 4.86. The molecule has 0 bridgehead atoms. The first kappa shape index (κ1) is 12.3. The highest BCUT2D eigenvalue weighted by atomic mass is 79.9. The van der Waals surface area contributed by atoms with Gasteiger partial charge >= 0.3 is 0 Å². The van der Waals surface area contributed by atoms with Crippen molar-refractivity contribution in [3.63, 3.8) is 0 Å². The third-order valence-electron chi connectivity index (χ3n) is 2.43. The summed E-state index contributed by atoms with van der Waals surface area (Å²) >= 11 is 8.83. The Bertz CT molecular complexity index is 468. The fourth-order valence-electron chi connectivity index (χ4n) is 1.68. The molecule has 0 saturated carbocycles. The van der Waals surface area contributed by atoms with Crippen LogP contribution in [0.4, 0.5) is 0 Å². The molecule has 0 aliphatic heterocycles. The van der Waals surface area contributed by atoms with Crippen molar-refractivity contribution >= 4 is 43.2 Å². The minimum absolute atomic E-state index is 0.234. The molecule has 1 N–H and O–H groups in total. The number of hydrogen-bond acceptors (Lipinski definition) is 2. The van der Waals surface area contributed by atoms with E-state index >= 15 is 0 Å². The normalized spacial score (nSPS) is 12.7. The van der Waals surface area contributed by atoms with Crippen LogP contribution in [0.5, 0.6) is 0 Å². The van der Waals surface area contributed by atoms with Crippen molar-refractivity contribution < 1.29 is 0 Å². The smallest absolute Gasteiger partial charge is 0.0594 e. The van der Waals surface area contributed by atoms with Gasteiger partial charge in [0.05, 0.1) is 6.04 Å². The van der Waals surface area contributed by atoms with Gasteiger partial charge in [-0.2, -0.15) is 11.3 Å². The maximum absolute atomic E-state index is 3.60. The summed E-state index contributed by atoms with van der Waals surface area (Å²) in [6.07, 6.45) is 0. The lowest BCUT2D eigenvalue weighted by Crippen LogP contribution is -2.17. The van der Waals surface area contributed by atoms with E-state index in [-0.39, 0.29) is 6.04 Å². The Labute approximate surface area is 116 Å². The molecule has 0 radical (unpaired) electrons. The van der Waals surface area contributed by atoms with Gasteiger partial charge in [0.2, 0.25) is 0 Å². The average molecular weight is 361 g/mol. The van der Waals surface area contributed by atoms with E-state index in [9.17, 15) is 0 Å². The zero-order valence-electron chi connectivity index (χ0n) is 8.71. The van der Waals surface area contributed by atoms with Crippen molar-refractivity contribution in [3.05, 3.63) is 55.1 Å². The van der Waals surface area contributed by atoms with E-state index in [0.29, 0.717) is 0 Å². The van der Waals surface area contributed by atoms with Crippen LogP contribution in [-0.2, 0) is 0 Å². The molecule has 4 heteroatoms. The molecule has 1 aromatic heterocycles. The van der Waals surface area contributed by atoms with Crippen LogP contribution in [0.15, 0.2) is 44.0 Å². The summed E-state index contributed by atoms with van der Waals surface area (Å²) < 4.78 is 2.22. The Morgan fingerprint density at radius 3 is 2.69 bits per heavy atom. The first-order chi connectivity index (χ1) is 7.72. The molecule has 1 nitrogen and oxygen atoms in total. The number of nitrogens with one attached hydrogen (secondary N) is 1. The second-order valence-corrected chi connectivity index (χ2v) is 5.99. The molecule has 0 fully saturated rings. The minimum atomic E-state index is 0.234. The molecule has 1 aromatic carbocycles. The van der Waals surface area contributed by atoms with Gasteiger partial charge < -0.3 is 5.32 Å². The zero-order valence-corrected chi connectivity index (χ0v) is 12.7. The second-order valence-electron chi connectivity index (χ2n) is 3.44.